The molecular formula is C16H21Cl2N3. The van der Waals surface area contributed by atoms with Gasteiger partial charge in [-0.05, 0) is 44.0 Å². The van der Waals surface area contributed by atoms with Crippen molar-refractivity contribution in [3.63, 3.8) is 0 Å². The van der Waals surface area contributed by atoms with Crippen molar-refractivity contribution >= 4 is 23.2 Å². The molecule has 0 aliphatic heterocycles. The summed E-state index contributed by atoms with van der Waals surface area (Å²) in [5.41, 5.74) is 9.13. The fraction of sp³-hybridized carbons (Fsp3) is 0.438. The van der Waals surface area contributed by atoms with Crippen LogP contribution in [-0.2, 0) is 19.4 Å². The van der Waals surface area contributed by atoms with Crippen molar-refractivity contribution in [2.75, 3.05) is 6.54 Å². The van der Waals surface area contributed by atoms with E-state index < -0.39 is 0 Å². The minimum absolute atomic E-state index is 0.188. The van der Waals surface area contributed by atoms with Gasteiger partial charge in [0.05, 0.1) is 16.4 Å². The lowest BCUT2D eigenvalue weighted by Crippen LogP contribution is -2.17. The average molecular weight is 326 g/mol. The predicted molar refractivity (Wildman–Crippen MR) is 89.2 cm³/mol. The lowest BCUT2D eigenvalue weighted by atomic mass is 9.94. The summed E-state index contributed by atoms with van der Waals surface area (Å²) < 4.78 is 1.98. The number of hydrogen-bond donors (Lipinski definition) is 1. The molecule has 21 heavy (non-hydrogen) atoms. The molecule has 0 saturated carbocycles. The number of rotatable bonds is 6. The van der Waals surface area contributed by atoms with Crippen molar-refractivity contribution in [1.82, 2.24) is 9.78 Å². The Morgan fingerprint density at radius 2 is 2.05 bits per heavy atom. The summed E-state index contributed by atoms with van der Waals surface area (Å²) in [4.78, 5) is 0. The van der Waals surface area contributed by atoms with Crippen LogP contribution in [-0.4, -0.2) is 16.3 Å². The molecule has 0 fully saturated rings. The highest BCUT2D eigenvalue weighted by Gasteiger charge is 2.19. The lowest BCUT2D eigenvalue weighted by Gasteiger charge is -2.16. The summed E-state index contributed by atoms with van der Waals surface area (Å²) in [6.07, 6.45) is 1.61. The van der Waals surface area contributed by atoms with Crippen LogP contribution in [0.25, 0.3) is 0 Å². The highest BCUT2D eigenvalue weighted by Crippen LogP contribution is 2.28. The van der Waals surface area contributed by atoms with Crippen LogP contribution in [0.5, 0.6) is 0 Å². The molecule has 3 nitrogen and oxygen atoms in total. The minimum Gasteiger partial charge on any atom is -0.330 e. The number of aromatic nitrogens is 2. The van der Waals surface area contributed by atoms with Crippen molar-refractivity contribution in [3.05, 3.63) is 51.3 Å². The summed E-state index contributed by atoms with van der Waals surface area (Å²) in [5, 5.41) is 6.07. The Kier molecular flexibility index (Phi) is 5.68. The van der Waals surface area contributed by atoms with E-state index in [2.05, 4.69) is 25.0 Å². The zero-order valence-electron chi connectivity index (χ0n) is 12.4. The van der Waals surface area contributed by atoms with E-state index in [1.165, 1.54) is 0 Å². The van der Waals surface area contributed by atoms with Crippen LogP contribution in [0.15, 0.2) is 24.3 Å². The molecule has 5 heteroatoms. The van der Waals surface area contributed by atoms with Gasteiger partial charge in [-0.2, -0.15) is 5.10 Å². The zero-order chi connectivity index (χ0) is 15.4. The smallest absolute Gasteiger partial charge is 0.0850 e. The first-order valence-corrected chi connectivity index (χ1v) is 8.05. The van der Waals surface area contributed by atoms with E-state index in [4.69, 9.17) is 28.9 Å². The summed E-state index contributed by atoms with van der Waals surface area (Å²) in [6.45, 7) is 5.49. The molecule has 0 aliphatic rings. The highest BCUT2D eigenvalue weighted by atomic mass is 35.5. The van der Waals surface area contributed by atoms with E-state index in [-0.39, 0.29) is 5.92 Å². The quantitative estimate of drug-likeness (QED) is 0.870. The van der Waals surface area contributed by atoms with Crippen molar-refractivity contribution in [2.45, 2.75) is 39.2 Å². The molecule has 114 valence electrons. The Balaban J connectivity index is 2.32. The Labute approximate surface area is 136 Å². The third-order valence-corrected chi connectivity index (χ3v) is 4.41. The molecule has 2 aromatic rings. The lowest BCUT2D eigenvalue weighted by molar-refractivity contribution is 0.581. The molecule has 1 atom stereocenters. The third-order valence-electron chi connectivity index (χ3n) is 3.74. The zero-order valence-corrected chi connectivity index (χ0v) is 14.0. The standard InChI is InChI=1S/C16H21Cl2N3/c1-3-14-16(18)15(21(4-2)20-14)9-12(10-19)11-6-5-7-13(17)8-11/h5-8,12H,3-4,9-10,19H2,1-2H3. The van der Waals surface area contributed by atoms with Gasteiger partial charge < -0.3 is 5.73 Å². The maximum absolute atomic E-state index is 6.48. The van der Waals surface area contributed by atoms with Crippen LogP contribution in [0.1, 0.15) is 36.7 Å². The normalized spacial score (nSPS) is 12.6. The highest BCUT2D eigenvalue weighted by molar-refractivity contribution is 6.32. The third kappa shape index (κ3) is 3.60. The van der Waals surface area contributed by atoms with Gasteiger partial charge in [-0.15, -0.1) is 0 Å². The first kappa shape index (κ1) is 16.3. The Hall–Kier alpha value is -1.03. The molecule has 1 heterocycles. The van der Waals surface area contributed by atoms with Crippen molar-refractivity contribution in [1.29, 1.82) is 0 Å². The predicted octanol–water partition coefficient (Wildman–Crippen LogP) is 4.06. The van der Waals surface area contributed by atoms with E-state index in [9.17, 15) is 0 Å². The molecule has 1 aromatic heterocycles. The largest absolute Gasteiger partial charge is 0.330 e. The van der Waals surface area contributed by atoms with Gasteiger partial charge in [-0.3, -0.25) is 4.68 Å². The van der Waals surface area contributed by atoms with E-state index in [0.29, 0.717) is 6.54 Å². The van der Waals surface area contributed by atoms with Crippen LogP contribution >= 0.6 is 23.2 Å². The minimum atomic E-state index is 0.188. The molecule has 0 amide bonds. The summed E-state index contributed by atoms with van der Waals surface area (Å²) in [7, 11) is 0. The van der Waals surface area contributed by atoms with Crippen LogP contribution < -0.4 is 5.73 Å². The number of nitrogens with two attached hydrogens (primary N) is 1. The maximum atomic E-state index is 6.48. The number of nitrogens with zero attached hydrogens (tertiary/aromatic N) is 2. The molecule has 2 N–H and O–H groups in total. The molecule has 0 spiro atoms. The van der Waals surface area contributed by atoms with Crippen LogP contribution in [0.4, 0.5) is 0 Å². The van der Waals surface area contributed by atoms with E-state index in [0.717, 1.165) is 46.4 Å². The average Bonchev–Trinajstić information content (AvgIpc) is 2.80. The SMILES string of the molecule is CCc1nn(CC)c(CC(CN)c2cccc(Cl)c2)c1Cl. The Bertz CT molecular complexity index is 608. The number of halogens is 2. The van der Waals surface area contributed by atoms with Crippen molar-refractivity contribution in [3.8, 4) is 0 Å². The Morgan fingerprint density at radius 3 is 2.62 bits per heavy atom. The first-order chi connectivity index (χ1) is 10.1. The van der Waals surface area contributed by atoms with Gasteiger partial charge in [0.2, 0.25) is 0 Å². The van der Waals surface area contributed by atoms with E-state index in [1.54, 1.807) is 0 Å². The number of hydrogen-bond acceptors (Lipinski definition) is 2. The second-order valence-electron chi connectivity index (χ2n) is 5.07. The topological polar surface area (TPSA) is 43.8 Å². The molecule has 0 bridgehead atoms. The molecule has 0 saturated heterocycles. The van der Waals surface area contributed by atoms with Gasteiger partial charge in [-0.1, -0.05) is 42.3 Å². The van der Waals surface area contributed by atoms with Gasteiger partial charge in [0.25, 0.3) is 0 Å². The van der Waals surface area contributed by atoms with E-state index >= 15 is 0 Å². The Morgan fingerprint density at radius 1 is 1.29 bits per heavy atom. The summed E-state index contributed by atoms with van der Waals surface area (Å²) in [6, 6.07) is 7.86. The molecule has 0 radical (unpaired) electrons. The van der Waals surface area contributed by atoms with E-state index in [1.807, 2.05) is 22.9 Å². The van der Waals surface area contributed by atoms with Gasteiger partial charge >= 0.3 is 0 Å². The van der Waals surface area contributed by atoms with Gasteiger partial charge in [0, 0.05) is 17.5 Å². The van der Waals surface area contributed by atoms with Gasteiger partial charge in [-0.25, -0.2) is 0 Å². The van der Waals surface area contributed by atoms with Crippen LogP contribution in [0, 0.1) is 0 Å². The second-order valence-corrected chi connectivity index (χ2v) is 5.88. The second kappa shape index (κ2) is 7.30. The van der Waals surface area contributed by atoms with Crippen LogP contribution in [0.2, 0.25) is 10.0 Å². The van der Waals surface area contributed by atoms with Crippen molar-refractivity contribution in [2.24, 2.45) is 5.73 Å². The molecule has 2 rings (SSSR count). The number of aryl methyl sites for hydroxylation is 2. The summed E-state index contributed by atoms with van der Waals surface area (Å²) >= 11 is 12.6. The maximum Gasteiger partial charge on any atom is 0.0850 e. The molecule has 1 aromatic carbocycles. The molecule has 0 aliphatic carbocycles. The summed E-state index contributed by atoms with van der Waals surface area (Å²) in [5.74, 6) is 0.188. The van der Waals surface area contributed by atoms with Gasteiger partial charge in [0.1, 0.15) is 0 Å². The fourth-order valence-corrected chi connectivity index (χ4v) is 3.09. The van der Waals surface area contributed by atoms with Gasteiger partial charge in [0.15, 0.2) is 0 Å². The monoisotopic (exact) mass is 325 g/mol. The first-order valence-electron chi connectivity index (χ1n) is 7.30. The number of benzene rings is 1. The molecular weight excluding hydrogens is 305 g/mol. The van der Waals surface area contributed by atoms with Crippen molar-refractivity contribution < 1.29 is 0 Å². The molecule has 1 unspecified atom stereocenters. The fourth-order valence-electron chi connectivity index (χ4n) is 2.54. The van der Waals surface area contributed by atoms with Crippen LogP contribution in [0.3, 0.4) is 0 Å².